The van der Waals surface area contributed by atoms with Gasteiger partial charge in [0.15, 0.2) is 6.10 Å². The summed E-state index contributed by atoms with van der Waals surface area (Å²) in [5.74, 6) is -0.561. The average Bonchev–Trinajstić information content (AvgIpc) is 3.30. The van der Waals surface area contributed by atoms with Gasteiger partial charge in [-0.15, -0.1) is 0 Å². The molecule has 0 aliphatic rings. The van der Waals surface area contributed by atoms with Crippen molar-refractivity contribution in [1.29, 1.82) is 0 Å². The van der Waals surface area contributed by atoms with Gasteiger partial charge in [0.2, 0.25) is 0 Å². The minimum absolute atomic E-state index is 0.0324. The van der Waals surface area contributed by atoms with Gasteiger partial charge in [0.25, 0.3) is 0 Å². The van der Waals surface area contributed by atoms with E-state index in [9.17, 15) is 9.59 Å². The predicted molar refractivity (Wildman–Crippen MR) is 279 cm³/mol. The summed E-state index contributed by atoms with van der Waals surface area (Å²) >= 11 is 0. The van der Waals surface area contributed by atoms with E-state index in [-0.39, 0.29) is 31.6 Å². The summed E-state index contributed by atoms with van der Waals surface area (Å²) in [5.41, 5.74) is 0. The number of rotatable bonds is 47. The molecule has 0 aliphatic carbocycles. The lowest BCUT2D eigenvalue weighted by Crippen LogP contribution is -2.29. The lowest BCUT2D eigenvalue weighted by Gasteiger charge is -2.18. The highest BCUT2D eigenvalue weighted by atomic mass is 16.6. The molecule has 364 valence electrons. The van der Waals surface area contributed by atoms with E-state index in [0.717, 1.165) is 89.9 Å². The van der Waals surface area contributed by atoms with Crippen molar-refractivity contribution >= 4 is 11.9 Å². The molecule has 5 heteroatoms. The quantitative estimate of drug-likeness (QED) is 0.0346. The Labute approximate surface area is 395 Å². The highest BCUT2D eigenvalue weighted by Gasteiger charge is 2.17. The Morgan fingerprint density at radius 3 is 1.22 bits per heavy atom. The third-order valence-corrected chi connectivity index (χ3v) is 10.8. The molecule has 0 aromatic heterocycles. The van der Waals surface area contributed by atoms with E-state index in [4.69, 9.17) is 14.2 Å². The minimum Gasteiger partial charge on any atom is -0.462 e. The van der Waals surface area contributed by atoms with Crippen LogP contribution >= 0.6 is 0 Å². The van der Waals surface area contributed by atoms with E-state index >= 15 is 0 Å². The third kappa shape index (κ3) is 51.2. The molecular formula is C59H98O5. The van der Waals surface area contributed by atoms with Crippen LogP contribution in [0, 0.1) is 0 Å². The molecule has 1 unspecified atom stereocenters. The van der Waals surface area contributed by atoms with Gasteiger partial charge < -0.3 is 14.2 Å². The Balaban J connectivity index is 4.42. The number of unbranched alkanes of at least 4 members (excludes halogenated alkanes) is 19. The minimum atomic E-state index is -0.604. The fraction of sp³-hybridized carbons (Fsp3) is 0.661. The van der Waals surface area contributed by atoms with Gasteiger partial charge in [0, 0.05) is 13.0 Å². The van der Waals surface area contributed by atoms with E-state index in [2.05, 4.69) is 118 Å². The van der Waals surface area contributed by atoms with Crippen molar-refractivity contribution in [2.24, 2.45) is 0 Å². The number of carbonyl (C=O) groups excluding carboxylic acids is 2. The Morgan fingerprint density at radius 2 is 0.750 bits per heavy atom. The van der Waals surface area contributed by atoms with Crippen LogP contribution in [0.3, 0.4) is 0 Å². The van der Waals surface area contributed by atoms with E-state index in [0.29, 0.717) is 13.0 Å². The molecule has 0 saturated heterocycles. The topological polar surface area (TPSA) is 61.8 Å². The maximum Gasteiger partial charge on any atom is 0.310 e. The van der Waals surface area contributed by atoms with Gasteiger partial charge in [-0.25, -0.2) is 0 Å². The number of ether oxygens (including phenoxy) is 3. The zero-order chi connectivity index (χ0) is 46.3. The van der Waals surface area contributed by atoms with E-state index in [1.165, 1.54) is 103 Å². The predicted octanol–water partition coefficient (Wildman–Crippen LogP) is 18.0. The van der Waals surface area contributed by atoms with Crippen LogP contribution in [0.25, 0.3) is 0 Å². The standard InChI is InChI=1S/C59H98O5/c1-4-7-10-13-16-19-22-25-28-30-32-34-37-40-43-46-49-52-58(60)63-56-57(55-62-54-51-48-45-42-39-36-33-29-26-23-20-17-14-11-8-5-2)64-59(61)53-50-47-44-41-38-35-31-27-24-21-18-15-12-9-6-3/h7,9-10,12,16,18-19,21,25-29,31,38,41,47,50,57H,4-6,8,11,13-15,17,20,22-24,30,32-37,39-40,42-46,48-49,51-56H2,1-3H3/b10-7-,12-9-,19-16-,21-18-,28-25-,29-26-,31-27-,41-38-,50-47-. The zero-order valence-electron chi connectivity index (χ0n) is 41.8. The van der Waals surface area contributed by atoms with Gasteiger partial charge in [0.1, 0.15) is 6.61 Å². The molecule has 0 heterocycles. The maximum atomic E-state index is 12.8. The van der Waals surface area contributed by atoms with Gasteiger partial charge >= 0.3 is 11.9 Å². The Hall–Kier alpha value is -3.44. The van der Waals surface area contributed by atoms with Crippen molar-refractivity contribution in [3.05, 3.63) is 109 Å². The summed E-state index contributed by atoms with van der Waals surface area (Å²) in [5, 5.41) is 0. The molecule has 0 radical (unpaired) electrons. The van der Waals surface area contributed by atoms with Gasteiger partial charge in [-0.2, -0.15) is 0 Å². The molecule has 0 aromatic rings. The van der Waals surface area contributed by atoms with E-state index in [1.807, 2.05) is 12.2 Å². The summed E-state index contributed by atoms with van der Waals surface area (Å²) in [4.78, 5) is 25.4. The SMILES string of the molecule is CC/C=C\C/C=C\C/C=C\C/C=C\C/C=C\CC(=O)OC(COCCCCCCCC/C=C\CCCCCCCC)COC(=O)CCCCCCCCC/C=C\C/C=C\C/C=C\CC. The summed E-state index contributed by atoms with van der Waals surface area (Å²) in [6.07, 6.45) is 74.1. The van der Waals surface area contributed by atoms with Crippen LogP contribution in [0.2, 0.25) is 0 Å². The molecule has 1 atom stereocenters. The highest BCUT2D eigenvalue weighted by Crippen LogP contribution is 2.13. The maximum absolute atomic E-state index is 12.8. The van der Waals surface area contributed by atoms with Gasteiger partial charge in [-0.1, -0.05) is 220 Å². The van der Waals surface area contributed by atoms with Crippen molar-refractivity contribution in [3.63, 3.8) is 0 Å². The lowest BCUT2D eigenvalue weighted by atomic mass is 10.1. The fourth-order valence-corrected chi connectivity index (χ4v) is 6.95. The molecule has 0 bridgehead atoms. The molecule has 0 fully saturated rings. The second kappa shape index (κ2) is 53.9. The van der Waals surface area contributed by atoms with Gasteiger partial charge in [-0.05, 0) is 103 Å². The molecule has 0 N–H and O–H groups in total. The van der Waals surface area contributed by atoms with E-state index in [1.54, 1.807) is 0 Å². The van der Waals surface area contributed by atoms with Crippen molar-refractivity contribution in [2.75, 3.05) is 19.8 Å². The molecule has 5 nitrogen and oxygen atoms in total. The van der Waals surface area contributed by atoms with Crippen LogP contribution in [0.15, 0.2) is 109 Å². The Kier molecular flexibility index (Phi) is 51.0. The van der Waals surface area contributed by atoms with Crippen LogP contribution in [0.4, 0.5) is 0 Å². The van der Waals surface area contributed by atoms with Crippen molar-refractivity contribution in [2.45, 2.75) is 232 Å². The largest absolute Gasteiger partial charge is 0.462 e. The number of hydrogen-bond donors (Lipinski definition) is 0. The second-order valence-corrected chi connectivity index (χ2v) is 17.0. The molecular weight excluding hydrogens is 789 g/mol. The smallest absolute Gasteiger partial charge is 0.310 e. The molecule has 0 aromatic carbocycles. The average molecular weight is 887 g/mol. The molecule has 0 rings (SSSR count). The summed E-state index contributed by atoms with van der Waals surface area (Å²) in [6, 6.07) is 0. The first kappa shape index (κ1) is 60.6. The zero-order valence-corrected chi connectivity index (χ0v) is 41.8. The van der Waals surface area contributed by atoms with Crippen molar-refractivity contribution < 1.29 is 23.8 Å². The third-order valence-electron chi connectivity index (χ3n) is 10.8. The Bertz CT molecular complexity index is 1280. The van der Waals surface area contributed by atoms with Gasteiger partial charge in [0.05, 0.1) is 13.0 Å². The molecule has 64 heavy (non-hydrogen) atoms. The number of hydrogen-bond acceptors (Lipinski definition) is 5. The first-order valence-corrected chi connectivity index (χ1v) is 26.4. The molecule has 0 amide bonds. The highest BCUT2D eigenvalue weighted by molar-refractivity contribution is 5.71. The summed E-state index contributed by atoms with van der Waals surface area (Å²) < 4.78 is 17.3. The van der Waals surface area contributed by atoms with Crippen molar-refractivity contribution in [1.82, 2.24) is 0 Å². The monoisotopic (exact) mass is 887 g/mol. The van der Waals surface area contributed by atoms with E-state index < -0.39 is 6.10 Å². The van der Waals surface area contributed by atoms with Crippen LogP contribution < -0.4 is 0 Å². The lowest BCUT2D eigenvalue weighted by molar-refractivity contribution is -0.162. The Morgan fingerprint density at radius 1 is 0.375 bits per heavy atom. The van der Waals surface area contributed by atoms with Crippen molar-refractivity contribution in [3.8, 4) is 0 Å². The van der Waals surface area contributed by atoms with Crippen LogP contribution in [-0.2, 0) is 23.8 Å². The first-order chi connectivity index (χ1) is 31.6. The number of carbonyl (C=O) groups is 2. The molecule has 0 spiro atoms. The first-order valence-electron chi connectivity index (χ1n) is 26.4. The molecule has 0 saturated carbocycles. The second-order valence-electron chi connectivity index (χ2n) is 17.0. The normalized spacial score (nSPS) is 13.1. The van der Waals surface area contributed by atoms with Crippen LogP contribution in [0.5, 0.6) is 0 Å². The number of allylic oxidation sites excluding steroid dienone is 17. The molecule has 0 aliphatic heterocycles. The van der Waals surface area contributed by atoms with Crippen LogP contribution in [-0.4, -0.2) is 37.9 Å². The van der Waals surface area contributed by atoms with Crippen LogP contribution in [0.1, 0.15) is 226 Å². The number of esters is 2. The summed E-state index contributed by atoms with van der Waals surface area (Å²) in [6.45, 7) is 7.47. The summed E-state index contributed by atoms with van der Waals surface area (Å²) in [7, 11) is 0. The van der Waals surface area contributed by atoms with Gasteiger partial charge in [-0.3, -0.25) is 9.59 Å². The fourth-order valence-electron chi connectivity index (χ4n) is 6.95.